The Hall–Kier alpha value is -0.380. The van der Waals surface area contributed by atoms with Crippen molar-refractivity contribution in [2.24, 2.45) is 17.6 Å². The number of nitrogens with two attached hydrogens (primary N) is 1. The number of hydrogen-bond acceptors (Lipinski definition) is 2. The number of hydrogen-bond donors (Lipinski definition) is 1. The van der Waals surface area contributed by atoms with Crippen LogP contribution >= 0.6 is 15.9 Å². The molecule has 0 spiro atoms. The molecule has 3 heteroatoms. The lowest BCUT2D eigenvalue weighted by Gasteiger charge is -2.41. The second kappa shape index (κ2) is 8.30. The van der Waals surface area contributed by atoms with E-state index in [1.807, 2.05) is 0 Å². The van der Waals surface area contributed by atoms with E-state index in [1.54, 1.807) is 0 Å². The molecule has 0 radical (unpaired) electrons. The number of benzene rings is 1. The van der Waals surface area contributed by atoms with Gasteiger partial charge < -0.3 is 5.73 Å². The van der Waals surface area contributed by atoms with Gasteiger partial charge in [0.25, 0.3) is 0 Å². The smallest absolute Gasteiger partial charge is 0.0234 e. The van der Waals surface area contributed by atoms with E-state index in [0.29, 0.717) is 12.0 Å². The van der Waals surface area contributed by atoms with Crippen LogP contribution in [0.4, 0.5) is 0 Å². The van der Waals surface area contributed by atoms with E-state index in [0.717, 1.165) is 23.5 Å². The van der Waals surface area contributed by atoms with Crippen molar-refractivity contribution in [2.45, 2.75) is 51.6 Å². The quantitative estimate of drug-likeness (QED) is 0.820. The Morgan fingerprint density at radius 2 is 2.14 bits per heavy atom. The SMILES string of the molecule is CCCC1CCC(CN)C(N(C)Cc2cccc(Br)c2)C1. The molecular weight excluding hydrogens is 324 g/mol. The maximum atomic E-state index is 6.03. The zero-order valence-electron chi connectivity index (χ0n) is 13.4. The zero-order chi connectivity index (χ0) is 15.2. The summed E-state index contributed by atoms with van der Waals surface area (Å²) in [7, 11) is 2.27. The predicted molar refractivity (Wildman–Crippen MR) is 94.2 cm³/mol. The molecule has 0 aromatic heterocycles. The molecule has 118 valence electrons. The molecule has 1 aliphatic rings. The largest absolute Gasteiger partial charge is 0.330 e. The van der Waals surface area contributed by atoms with Crippen LogP contribution in [0, 0.1) is 11.8 Å². The van der Waals surface area contributed by atoms with Gasteiger partial charge in [0.05, 0.1) is 0 Å². The van der Waals surface area contributed by atoms with Crippen molar-refractivity contribution in [3.63, 3.8) is 0 Å². The van der Waals surface area contributed by atoms with Crippen molar-refractivity contribution in [3.05, 3.63) is 34.3 Å². The van der Waals surface area contributed by atoms with E-state index in [2.05, 4.69) is 59.1 Å². The van der Waals surface area contributed by atoms with Gasteiger partial charge in [-0.3, -0.25) is 4.90 Å². The van der Waals surface area contributed by atoms with Crippen LogP contribution in [-0.4, -0.2) is 24.5 Å². The van der Waals surface area contributed by atoms with Crippen molar-refractivity contribution in [2.75, 3.05) is 13.6 Å². The van der Waals surface area contributed by atoms with Crippen molar-refractivity contribution in [1.29, 1.82) is 0 Å². The van der Waals surface area contributed by atoms with Crippen molar-refractivity contribution in [3.8, 4) is 0 Å². The maximum Gasteiger partial charge on any atom is 0.0234 e. The van der Waals surface area contributed by atoms with Crippen LogP contribution in [0.3, 0.4) is 0 Å². The summed E-state index contributed by atoms with van der Waals surface area (Å²) in [6, 6.07) is 9.28. The molecular formula is C18H29BrN2. The third kappa shape index (κ3) is 4.80. The van der Waals surface area contributed by atoms with Crippen LogP contribution in [0.15, 0.2) is 28.7 Å². The van der Waals surface area contributed by atoms with E-state index in [9.17, 15) is 0 Å². The summed E-state index contributed by atoms with van der Waals surface area (Å²) in [5.74, 6) is 1.56. The Balaban J connectivity index is 2.01. The summed E-state index contributed by atoms with van der Waals surface area (Å²) >= 11 is 3.57. The van der Waals surface area contributed by atoms with Crippen LogP contribution < -0.4 is 5.73 Å². The average molecular weight is 353 g/mol. The molecule has 2 N–H and O–H groups in total. The second-order valence-corrected chi connectivity index (χ2v) is 7.49. The van der Waals surface area contributed by atoms with Crippen molar-refractivity contribution < 1.29 is 0 Å². The second-order valence-electron chi connectivity index (χ2n) is 6.58. The number of halogens is 1. The van der Waals surface area contributed by atoms with Crippen LogP contribution in [-0.2, 0) is 6.54 Å². The molecule has 1 aliphatic carbocycles. The summed E-state index contributed by atoms with van der Waals surface area (Å²) < 4.78 is 1.16. The molecule has 0 bridgehead atoms. The summed E-state index contributed by atoms with van der Waals surface area (Å²) in [5, 5.41) is 0. The van der Waals surface area contributed by atoms with Crippen LogP contribution in [0.2, 0.25) is 0 Å². The lowest BCUT2D eigenvalue weighted by molar-refractivity contribution is 0.0947. The molecule has 0 amide bonds. The highest BCUT2D eigenvalue weighted by Crippen LogP contribution is 2.34. The molecule has 21 heavy (non-hydrogen) atoms. The molecule has 1 saturated carbocycles. The summed E-state index contributed by atoms with van der Waals surface area (Å²) in [5.41, 5.74) is 7.41. The van der Waals surface area contributed by atoms with Gasteiger partial charge in [0.1, 0.15) is 0 Å². The molecule has 2 nitrogen and oxygen atoms in total. The molecule has 0 aliphatic heterocycles. The van der Waals surface area contributed by atoms with E-state index >= 15 is 0 Å². The van der Waals surface area contributed by atoms with Crippen molar-refractivity contribution in [1.82, 2.24) is 4.90 Å². The molecule has 3 atom stereocenters. The summed E-state index contributed by atoms with van der Waals surface area (Å²) in [4.78, 5) is 2.53. The number of rotatable bonds is 6. The minimum atomic E-state index is 0.638. The van der Waals surface area contributed by atoms with Crippen LogP contribution in [0.5, 0.6) is 0 Å². The highest BCUT2D eigenvalue weighted by Gasteiger charge is 2.31. The van der Waals surface area contributed by atoms with E-state index < -0.39 is 0 Å². The van der Waals surface area contributed by atoms with Gasteiger partial charge in [-0.25, -0.2) is 0 Å². The number of nitrogens with zero attached hydrogens (tertiary/aromatic N) is 1. The predicted octanol–water partition coefficient (Wildman–Crippen LogP) is 4.42. The summed E-state index contributed by atoms with van der Waals surface area (Å²) in [6.45, 7) is 4.14. The molecule has 3 unspecified atom stereocenters. The summed E-state index contributed by atoms with van der Waals surface area (Å²) in [6.07, 6.45) is 6.67. The fourth-order valence-corrected chi connectivity index (χ4v) is 4.27. The van der Waals surface area contributed by atoms with Gasteiger partial charge in [0.15, 0.2) is 0 Å². The van der Waals surface area contributed by atoms with Gasteiger partial charge in [0, 0.05) is 17.1 Å². The first-order valence-corrected chi connectivity index (χ1v) is 9.08. The molecule has 2 rings (SSSR count). The molecule has 0 heterocycles. The Bertz CT molecular complexity index is 435. The van der Waals surface area contributed by atoms with Crippen LogP contribution in [0.1, 0.15) is 44.6 Å². The van der Waals surface area contributed by atoms with Gasteiger partial charge in [0.2, 0.25) is 0 Å². The first-order chi connectivity index (χ1) is 10.1. The molecule has 1 aromatic carbocycles. The average Bonchev–Trinajstić information content (AvgIpc) is 2.47. The standard InChI is InChI=1S/C18H29BrN2/c1-3-5-14-8-9-16(12-20)18(11-14)21(2)13-15-6-4-7-17(19)10-15/h4,6-7,10,14,16,18H,3,5,8-9,11-13,20H2,1-2H3. The van der Waals surface area contributed by atoms with Crippen LogP contribution in [0.25, 0.3) is 0 Å². The molecule has 0 saturated heterocycles. The van der Waals surface area contributed by atoms with Crippen molar-refractivity contribution >= 4 is 15.9 Å². The first kappa shape index (κ1) is 17.0. The topological polar surface area (TPSA) is 29.3 Å². The minimum Gasteiger partial charge on any atom is -0.330 e. The van der Waals surface area contributed by atoms with Gasteiger partial charge in [-0.05, 0) is 56.0 Å². The minimum absolute atomic E-state index is 0.638. The van der Waals surface area contributed by atoms with Gasteiger partial charge in [-0.15, -0.1) is 0 Å². The van der Waals surface area contributed by atoms with E-state index in [4.69, 9.17) is 5.73 Å². The molecule has 1 fully saturated rings. The third-order valence-corrected chi connectivity index (χ3v) is 5.44. The van der Waals surface area contributed by atoms with E-state index in [1.165, 1.54) is 37.7 Å². The van der Waals surface area contributed by atoms with Gasteiger partial charge >= 0.3 is 0 Å². The Morgan fingerprint density at radius 3 is 2.81 bits per heavy atom. The first-order valence-electron chi connectivity index (χ1n) is 8.28. The van der Waals surface area contributed by atoms with Gasteiger partial charge in [-0.1, -0.05) is 54.2 Å². The normalized spacial score (nSPS) is 26.2. The zero-order valence-corrected chi connectivity index (χ0v) is 15.0. The Kier molecular flexibility index (Phi) is 6.72. The Morgan fingerprint density at radius 1 is 1.33 bits per heavy atom. The fourth-order valence-electron chi connectivity index (χ4n) is 3.82. The highest BCUT2D eigenvalue weighted by molar-refractivity contribution is 9.10. The molecule has 1 aromatic rings. The van der Waals surface area contributed by atoms with Gasteiger partial charge in [-0.2, -0.15) is 0 Å². The fraction of sp³-hybridized carbons (Fsp3) is 0.667. The lowest BCUT2D eigenvalue weighted by Crippen LogP contribution is -2.44. The Labute approximate surface area is 138 Å². The maximum absolute atomic E-state index is 6.03. The lowest BCUT2D eigenvalue weighted by atomic mass is 9.76. The highest BCUT2D eigenvalue weighted by atomic mass is 79.9. The third-order valence-electron chi connectivity index (χ3n) is 4.95. The van der Waals surface area contributed by atoms with E-state index in [-0.39, 0.29) is 0 Å². The monoisotopic (exact) mass is 352 g/mol.